The lowest BCUT2D eigenvalue weighted by atomic mass is 9.94. The van der Waals surface area contributed by atoms with Gasteiger partial charge in [0.05, 0.1) is 11.4 Å². The summed E-state index contributed by atoms with van der Waals surface area (Å²) in [5, 5.41) is 3.32. The lowest BCUT2D eigenvalue weighted by molar-refractivity contribution is 0.217. The quantitative estimate of drug-likeness (QED) is 0.915. The molecule has 1 aromatic carbocycles. The first-order valence-electron chi connectivity index (χ1n) is 7.12. The van der Waals surface area contributed by atoms with E-state index in [1.165, 1.54) is 0 Å². The Labute approximate surface area is 127 Å². The first-order chi connectivity index (χ1) is 10.2. The number of piperidine rings is 1. The van der Waals surface area contributed by atoms with Gasteiger partial charge in [0.1, 0.15) is 16.3 Å². The van der Waals surface area contributed by atoms with Gasteiger partial charge < -0.3 is 5.32 Å². The van der Waals surface area contributed by atoms with Gasteiger partial charge in [0, 0.05) is 19.1 Å². The lowest BCUT2D eigenvalue weighted by Gasteiger charge is -2.36. The van der Waals surface area contributed by atoms with Crippen molar-refractivity contribution in [1.29, 1.82) is 0 Å². The van der Waals surface area contributed by atoms with Crippen LogP contribution in [0.3, 0.4) is 0 Å². The standard InChI is InChI=1S/C13H16N4O2S2/c18-21(19,12-5-1-4-10-13(12)16-20-15-10)17-6-2-3-9-7-14-8-11(9)17/h1,4-5,9,11,14H,2-3,6-8H2. The summed E-state index contributed by atoms with van der Waals surface area (Å²) >= 11 is 1.05. The predicted molar refractivity (Wildman–Crippen MR) is 81.3 cm³/mol. The van der Waals surface area contributed by atoms with Crippen LogP contribution in [0.1, 0.15) is 12.8 Å². The van der Waals surface area contributed by atoms with Crippen LogP contribution >= 0.6 is 0 Å². The molecule has 3 aliphatic rings. The van der Waals surface area contributed by atoms with Crippen LogP contribution in [0.5, 0.6) is 0 Å². The minimum atomic E-state index is -3.52. The molecule has 8 heteroatoms. The molecule has 0 saturated carbocycles. The SMILES string of the molecule is O=S(=O)(c1cccc2c1N=S=N2)N1CCCC2CNCC21. The van der Waals surface area contributed by atoms with Gasteiger partial charge >= 0.3 is 0 Å². The van der Waals surface area contributed by atoms with Crippen molar-refractivity contribution in [2.24, 2.45) is 14.6 Å². The summed E-state index contributed by atoms with van der Waals surface area (Å²) in [5.74, 6) is 0.432. The molecule has 6 nitrogen and oxygen atoms in total. The Hall–Kier alpha value is -1.09. The molecule has 21 heavy (non-hydrogen) atoms. The molecule has 3 heterocycles. The fourth-order valence-corrected chi connectivity index (χ4v) is 5.92. The van der Waals surface area contributed by atoms with Crippen molar-refractivity contribution in [2.45, 2.75) is 23.8 Å². The molecule has 0 spiro atoms. The topological polar surface area (TPSA) is 74.1 Å². The van der Waals surface area contributed by atoms with E-state index in [9.17, 15) is 8.42 Å². The van der Waals surface area contributed by atoms with E-state index < -0.39 is 10.0 Å². The van der Waals surface area contributed by atoms with E-state index in [4.69, 9.17) is 0 Å². The summed E-state index contributed by atoms with van der Waals surface area (Å²) < 4.78 is 36.1. The number of fused-ring (bicyclic) bond motifs is 2. The van der Waals surface area contributed by atoms with Crippen LogP contribution in [0.2, 0.25) is 0 Å². The zero-order valence-electron chi connectivity index (χ0n) is 11.4. The Kier molecular flexibility index (Phi) is 3.21. The van der Waals surface area contributed by atoms with Crippen molar-refractivity contribution < 1.29 is 8.42 Å². The molecule has 0 bridgehead atoms. The number of hydrogen-bond acceptors (Lipinski definition) is 5. The van der Waals surface area contributed by atoms with Crippen molar-refractivity contribution in [3.63, 3.8) is 0 Å². The molecule has 2 unspecified atom stereocenters. The normalized spacial score (nSPS) is 28.2. The highest BCUT2D eigenvalue weighted by Crippen LogP contribution is 2.40. The van der Waals surface area contributed by atoms with Crippen LogP contribution in [-0.4, -0.2) is 38.4 Å². The van der Waals surface area contributed by atoms with Gasteiger partial charge in [-0.3, -0.25) is 0 Å². The van der Waals surface area contributed by atoms with Crippen molar-refractivity contribution in [3.8, 4) is 0 Å². The minimum absolute atomic E-state index is 0.0746. The summed E-state index contributed by atoms with van der Waals surface area (Å²) in [7, 11) is -3.52. The van der Waals surface area contributed by atoms with E-state index in [0.29, 0.717) is 28.7 Å². The van der Waals surface area contributed by atoms with Gasteiger partial charge in [-0.05, 0) is 37.4 Å². The van der Waals surface area contributed by atoms with E-state index in [1.54, 1.807) is 22.5 Å². The predicted octanol–water partition coefficient (Wildman–Crippen LogP) is 1.79. The molecule has 4 rings (SSSR count). The van der Waals surface area contributed by atoms with Gasteiger partial charge in [0.25, 0.3) is 0 Å². The molecular weight excluding hydrogens is 308 g/mol. The summed E-state index contributed by atoms with van der Waals surface area (Å²) in [6.07, 6.45) is 2.03. The summed E-state index contributed by atoms with van der Waals surface area (Å²) in [4.78, 5) is 0.293. The summed E-state index contributed by atoms with van der Waals surface area (Å²) in [6, 6.07) is 5.26. The van der Waals surface area contributed by atoms with Crippen molar-refractivity contribution >= 4 is 32.8 Å². The number of rotatable bonds is 2. The van der Waals surface area contributed by atoms with Crippen LogP contribution in [0.15, 0.2) is 31.8 Å². The molecule has 0 radical (unpaired) electrons. The fourth-order valence-electron chi connectivity index (χ4n) is 3.44. The van der Waals surface area contributed by atoms with E-state index in [-0.39, 0.29) is 6.04 Å². The average molecular weight is 324 g/mol. The van der Waals surface area contributed by atoms with Gasteiger partial charge in [0.2, 0.25) is 10.0 Å². The molecule has 2 fully saturated rings. The second-order valence-electron chi connectivity index (χ2n) is 5.63. The number of nitrogens with zero attached hydrogens (tertiary/aromatic N) is 3. The molecule has 2 atom stereocenters. The highest BCUT2D eigenvalue weighted by Gasteiger charge is 2.42. The third-order valence-corrected chi connectivity index (χ3v) is 6.96. The summed E-state index contributed by atoms with van der Waals surface area (Å²) in [6.45, 7) is 2.26. The third-order valence-electron chi connectivity index (χ3n) is 4.46. The molecule has 1 N–H and O–H groups in total. The van der Waals surface area contributed by atoms with E-state index in [1.807, 2.05) is 0 Å². The van der Waals surface area contributed by atoms with Gasteiger partial charge in [-0.25, -0.2) is 8.42 Å². The number of nitrogens with one attached hydrogen (secondary N) is 1. The monoisotopic (exact) mass is 324 g/mol. The Morgan fingerprint density at radius 1 is 1.29 bits per heavy atom. The van der Waals surface area contributed by atoms with Crippen molar-refractivity contribution in [3.05, 3.63) is 18.2 Å². The molecule has 2 saturated heterocycles. The Morgan fingerprint density at radius 3 is 3.10 bits per heavy atom. The highest BCUT2D eigenvalue weighted by molar-refractivity contribution is 7.89. The highest BCUT2D eigenvalue weighted by atomic mass is 32.2. The second kappa shape index (κ2) is 4.98. The maximum absolute atomic E-state index is 13.1. The van der Waals surface area contributed by atoms with Gasteiger partial charge in [-0.15, -0.1) is 0 Å². The fraction of sp³-hybridized carbons (Fsp3) is 0.538. The average Bonchev–Trinajstić information content (AvgIpc) is 3.14. The van der Waals surface area contributed by atoms with E-state index >= 15 is 0 Å². The largest absolute Gasteiger partial charge is 0.315 e. The number of sulfonamides is 1. The van der Waals surface area contributed by atoms with Crippen LogP contribution in [-0.2, 0) is 21.4 Å². The summed E-state index contributed by atoms with van der Waals surface area (Å²) in [5.41, 5.74) is 1.15. The third kappa shape index (κ3) is 2.09. The Balaban J connectivity index is 1.77. The molecule has 1 aromatic rings. The Bertz CT molecular complexity index is 755. The van der Waals surface area contributed by atoms with E-state index in [0.717, 1.165) is 37.3 Å². The minimum Gasteiger partial charge on any atom is -0.315 e. The lowest BCUT2D eigenvalue weighted by Crippen LogP contribution is -2.48. The van der Waals surface area contributed by atoms with Crippen LogP contribution in [0.4, 0.5) is 11.4 Å². The van der Waals surface area contributed by atoms with E-state index in [2.05, 4.69) is 14.0 Å². The molecule has 0 amide bonds. The zero-order chi connectivity index (χ0) is 14.4. The molecular formula is C13H16N4O2S2. The first-order valence-corrected chi connectivity index (χ1v) is 9.29. The van der Waals surface area contributed by atoms with Crippen molar-refractivity contribution in [2.75, 3.05) is 19.6 Å². The van der Waals surface area contributed by atoms with Gasteiger partial charge in [0.15, 0.2) is 0 Å². The van der Waals surface area contributed by atoms with Crippen LogP contribution in [0, 0.1) is 5.92 Å². The first kappa shape index (κ1) is 13.6. The Morgan fingerprint density at radius 2 is 2.19 bits per heavy atom. The molecule has 112 valence electrons. The zero-order valence-corrected chi connectivity index (χ0v) is 13.0. The number of benzene rings is 1. The molecule has 0 aliphatic carbocycles. The smallest absolute Gasteiger partial charge is 0.245 e. The van der Waals surface area contributed by atoms with Crippen LogP contribution < -0.4 is 5.32 Å². The maximum atomic E-state index is 13.1. The van der Waals surface area contributed by atoms with Gasteiger partial charge in [-0.1, -0.05) is 6.07 Å². The molecule has 3 aliphatic heterocycles. The number of hydrogen-bond donors (Lipinski definition) is 1. The maximum Gasteiger partial charge on any atom is 0.245 e. The van der Waals surface area contributed by atoms with Gasteiger partial charge in [-0.2, -0.15) is 13.0 Å². The van der Waals surface area contributed by atoms with Crippen molar-refractivity contribution in [1.82, 2.24) is 9.62 Å². The molecule has 0 aromatic heterocycles. The van der Waals surface area contributed by atoms with Crippen LogP contribution in [0.25, 0.3) is 0 Å². The second-order valence-corrected chi connectivity index (χ2v) is 8.02.